The molecule has 104 valence electrons. The molecule has 2 rings (SSSR count). The monoisotopic (exact) mass is 260 g/mol. The number of hydrogen-bond acceptors (Lipinski definition) is 6. The number of rotatable bonds is 2. The van der Waals surface area contributed by atoms with Crippen molar-refractivity contribution in [2.45, 2.75) is 58.1 Å². The molecule has 2 aliphatic rings. The number of hydrogen-bond donors (Lipinski definition) is 0. The van der Waals surface area contributed by atoms with Crippen LogP contribution in [0.25, 0.3) is 0 Å². The van der Waals surface area contributed by atoms with Gasteiger partial charge in [0.25, 0.3) is 0 Å². The standard InChI is InChI=1S/C12H20O6/c1-6-8(7(2)15-11(13)14-5)16-10-9(6)17-12(3,4)18-10/h6-10H,1-5H3/t6-,7?,8-,9+,10+/m1/s1. The van der Waals surface area contributed by atoms with E-state index in [4.69, 9.17) is 18.9 Å². The molecule has 0 amide bonds. The van der Waals surface area contributed by atoms with Crippen LogP contribution in [-0.2, 0) is 23.7 Å². The molecule has 0 bridgehead atoms. The molecule has 0 N–H and O–H groups in total. The van der Waals surface area contributed by atoms with Crippen LogP contribution in [0.2, 0.25) is 0 Å². The summed E-state index contributed by atoms with van der Waals surface area (Å²) in [6.07, 6.45) is -1.90. The molecule has 0 aliphatic carbocycles. The fourth-order valence-electron chi connectivity index (χ4n) is 2.49. The summed E-state index contributed by atoms with van der Waals surface area (Å²) in [6.45, 7) is 7.47. The summed E-state index contributed by atoms with van der Waals surface area (Å²) in [7, 11) is 1.28. The first-order valence-corrected chi connectivity index (χ1v) is 6.10. The van der Waals surface area contributed by atoms with Crippen molar-refractivity contribution in [3.8, 4) is 0 Å². The molecule has 5 atom stereocenters. The lowest BCUT2D eigenvalue weighted by molar-refractivity contribution is -0.219. The van der Waals surface area contributed by atoms with E-state index in [0.717, 1.165) is 0 Å². The van der Waals surface area contributed by atoms with E-state index >= 15 is 0 Å². The molecule has 18 heavy (non-hydrogen) atoms. The van der Waals surface area contributed by atoms with Gasteiger partial charge in [0, 0.05) is 5.92 Å². The molecule has 0 radical (unpaired) electrons. The molecule has 6 nitrogen and oxygen atoms in total. The van der Waals surface area contributed by atoms with Crippen LogP contribution < -0.4 is 0 Å². The van der Waals surface area contributed by atoms with Crippen molar-refractivity contribution in [3.05, 3.63) is 0 Å². The lowest BCUT2D eigenvalue weighted by Crippen LogP contribution is -2.36. The molecule has 0 aromatic heterocycles. The van der Waals surface area contributed by atoms with E-state index in [1.165, 1.54) is 7.11 Å². The Balaban J connectivity index is 1.97. The summed E-state index contributed by atoms with van der Waals surface area (Å²) < 4.78 is 26.7. The maximum absolute atomic E-state index is 11.1. The maximum Gasteiger partial charge on any atom is 0.508 e. The summed E-state index contributed by atoms with van der Waals surface area (Å²) in [4.78, 5) is 11.1. The maximum atomic E-state index is 11.1. The summed E-state index contributed by atoms with van der Waals surface area (Å²) in [6, 6.07) is 0. The van der Waals surface area contributed by atoms with Crippen molar-refractivity contribution >= 4 is 6.16 Å². The Morgan fingerprint density at radius 1 is 1.33 bits per heavy atom. The van der Waals surface area contributed by atoms with E-state index in [2.05, 4.69) is 4.74 Å². The van der Waals surface area contributed by atoms with E-state index in [-0.39, 0.29) is 18.1 Å². The zero-order valence-electron chi connectivity index (χ0n) is 11.3. The zero-order valence-corrected chi connectivity index (χ0v) is 11.3. The van der Waals surface area contributed by atoms with E-state index in [1.807, 2.05) is 20.8 Å². The highest BCUT2D eigenvalue weighted by atomic mass is 16.8. The van der Waals surface area contributed by atoms with Crippen LogP contribution in [0.1, 0.15) is 27.7 Å². The second-order valence-electron chi connectivity index (χ2n) is 5.21. The second kappa shape index (κ2) is 4.68. The van der Waals surface area contributed by atoms with Crippen LogP contribution in [0.15, 0.2) is 0 Å². The van der Waals surface area contributed by atoms with Crippen molar-refractivity contribution in [1.82, 2.24) is 0 Å². The Labute approximate surface area is 106 Å². The van der Waals surface area contributed by atoms with Crippen LogP contribution in [0.5, 0.6) is 0 Å². The van der Waals surface area contributed by atoms with Gasteiger partial charge in [0.1, 0.15) is 18.3 Å². The molecule has 0 aromatic carbocycles. The molecule has 2 aliphatic heterocycles. The second-order valence-corrected chi connectivity index (χ2v) is 5.21. The topological polar surface area (TPSA) is 63.2 Å². The highest BCUT2D eigenvalue weighted by Gasteiger charge is 2.54. The van der Waals surface area contributed by atoms with E-state index in [0.29, 0.717) is 0 Å². The Morgan fingerprint density at radius 2 is 2.00 bits per heavy atom. The first kappa shape index (κ1) is 13.6. The minimum Gasteiger partial charge on any atom is -0.438 e. The van der Waals surface area contributed by atoms with Gasteiger partial charge in [-0.3, -0.25) is 0 Å². The van der Waals surface area contributed by atoms with Gasteiger partial charge in [0.05, 0.1) is 7.11 Å². The normalized spacial score (nSPS) is 39.2. The number of carbonyl (C=O) groups is 1. The summed E-state index contributed by atoms with van der Waals surface area (Å²) in [5.74, 6) is -0.544. The summed E-state index contributed by atoms with van der Waals surface area (Å²) in [5.41, 5.74) is 0. The highest BCUT2D eigenvalue weighted by Crippen LogP contribution is 2.41. The predicted octanol–water partition coefficient (Wildman–Crippen LogP) is 1.67. The summed E-state index contributed by atoms with van der Waals surface area (Å²) in [5, 5.41) is 0. The van der Waals surface area contributed by atoms with Gasteiger partial charge >= 0.3 is 6.16 Å². The van der Waals surface area contributed by atoms with Gasteiger partial charge in [0.2, 0.25) is 0 Å². The molecular formula is C12H20O6. The van der Waals surface area contributed by atoms with Crippen molar-refractivity contribution in [3.63, 3.8) is 0 Å². The van der Waals surface area contributed by atoms with Crippen molar-refractivity contribution in [2.75, 3.05) is 7.11 Å². The van der Waals surface area contributed by atoms with E-state index in [9.17, 15) is 4.79 Å². The Morgan fingerprint density at radius 3 is 2.56 bits per heavy atom. The Kier molecular flexibility index (Phi) is 3.53. The molecule has 2 fully saturated rings. The third-order valence-electron chi connectivity index (χ3n) is 3.33. The minimum absolute atomic E-state index is 0.0800. The number of fused-ring (bicyclic) bond motifs is 1. The number of carbonyl (C=O) groups excluding carboxylic acids is 1. The molecule has 6 heteroatoms. The van der Waals surface area contributed by atoms with Crippen molar-refractivity contribution in [2.24, 2.45) is 5.92 Å². The van der Waals surface area contributed by atoms with Gasteiger partial charge in [0.15, 0.2) is 12.1 Å². The lowest BCUT2D eigenvalue weighted by Gasteiger charge is -2.26. The fraction of sp³-hybridized carbons (Fsp3) is 0.917. The van der Waals surface area contributed by atoms with E-state index < -0.39 is 24.3 Å². The highest BCUT2D eigenvalue weighted by molar-refractivity contribution is 5.59. The first-order chi connectivity index (χ1) is 8.34. The molecule has 2 heterocycles. The van der Waals surface area contributed by atoms with Crippen LogP contribution in [0.4, 0.5) is 4.79 Å². The molecular weight excluding hydrogens is 240 g/mol. The zero-order chi connectivity index (χ0) is 13.5. The molecule has 2 saturated heterocycles. The minimum atomic E-state index is -0.711. The van der Waals surface area contributed by atoms with E-state index in [1.54, 1.807) is 6.92 Å². The molecule has 1 unspecified atom stereocenters. The van der Waals surface area contributed by atoms with Crippen LogP contribution in [-0.4, -0.2) is 43.7 Å². The third-order valence-corrected chi connectivity index (χ3v) is 3.33. The number of methoxy groups -OCH3 is 1. The third kappa shape index (κ3) is 2.46. The first-order valence-electron chi connectivity index (χ1n) is 6.10. The SMILES string of the molecule is COC(=O)OC(C)[C@@H]1O[C@H]2OC(C)(C)O[C@H]2[C@@H]1C. The lowest BCUT2D eigenvalue weighted by atomic mass is 9.97. The van der Waals surface area contributed by atoms with Crippen molar-refractivity contribution in [1.29, 1.82) is 0 Å². The van der Waals surface area contributed by atoms with Gasteiger partial charge in [-0.1, -0.05) is 6.92 Å². The predicted molar refractivity (Wildman–Crippen MR) is 60.8 cm³/mol. The summed E-state index contributed by atoms with van der Waals surface area (Å²) >= 11 is 0. The van der Waals surface area contributed by atoms with Gasteiger partial charge < -0.3 is 23.7 Å². The smallest absolute Gasteiger partial charge is 0.438 e. The van der Waals surface area contributed by atoms with Gasteiger partial charge in [-0.05, 0) is 20.8 Å². The molecule has 0 spiro atoms. The van der Waals surface area contributed by atoms with Gasteiger partial charge in [-0.2, -0.15) is 0 Å². The number of ether oxygens (including phenoxy) is 5. The van der Waals surface area contributed by atoms with Crippen molar-refractivity contribution < 1.29 is 28.5 Å². The largest absolute Gasteiger partial charge is 0.508 e. The van der Waals surface area contributed by atoms with Crippen LogP contribution >= 0.6 is 0 Å². The Hall–Kier alpha value is -0.850. The fourth-order valence-corrected chi connectivity index (χ4v) is 2.49. The molecule has 0 saturated carbocycles. The van der Waals surface area contributed by atoms with Crippen LogP contribution in [0.3, 0.4) is 0 Å². The van der Waals surface area contributed by atoms with Gasteiger partial charge in [-0.15, -0.1) is 0 Å². The average molecular weight is 260 g/mol. The van der Waals surface area contributed by atoms with Crippen LogP contribution in [0, 0.1) is 5.92 Å². The average Bonchev–Trinajstić information content (AvgIpc) is 2.73. The molecule has 0 aromatic rings. The van der Waals surface area contributed by atoms with Gasteiger partial charge in [-0.25, -0.2) is 4.79 Å². The Bertz CT molecular complexity index is 329. The quantitative estimate of drug-likeness (QED) is 0.704.